The first kappa shape index (κ1) is 14.8. The van der Waals surface area contributed by atoms with Crippen LogP contribution in [-0.2, 0) is 14.3 Å². The molecule has 5 nitrogen and oxygen atoms in total. The van der Waals surface area contributed by atoms with Gasteiger partial charge in [0.2, 0.25) is 5.91 Å². The Morgan fingerprint density at radius 1 is 1.36 bits per heavy atom. The van der Waals surface area contributed by atoms with Gasteiger partial charge in [0.05, 0.1) is 12.3 Å². The fourth-order valence-corrected chi connectivity index (χ4v) is 3.56. The van der Waals surface area contributed by atoms with Gasteiger partial charge in [0.25, 0.3) is 0 Å². The number of aliphatic imine (C=N–C) groups is 1. The van der Waals surface area contributed by atoms with Gasteiger partial charge in [0.15, 0.2) is 5.17 Å². The normalized spacial score (nSPS) is 18.0. The molecule has 3 rings (SSSR count). The number of hydrogen-bond donors (Lipinski definition) is 0. The van der Waals surface area contributed by atoms with Crippen molar-refractivity contribution < 1.29 is 14.3 Å². The van der Waals surface area contributed by atoms with E-state index in [1.807, 2.05) is 35.2 Å². The Morgan fingerprint density at radius 2 is 2.14 bits per heavy atom. The first-order valence-corrected chi connectivity index (χ1v) is 8.06. The summed E-state index contributed by atoms with van der Waals surface area (Å²) in [5.74, 6) is -0.503. The Morgan fingerprint density at radius 3 is 2.86 bits per heavy atom. The highest BCUT2D eigenvalue weighted by atomic mass is 32.2. The number of carbonyl (C=O) groups excluding carboxylic acids is 2. The van der Waals surface area contributed by atoms with Gasteiger partial charge in [0.1, 0.15) is 4.91 Å². The van der Waals surface area contributed by atoms with E-state index in [4.69, 9.17) is 4.74 Å². The van der Waals surface area contributed by atoms with E-state index in [1.165, 1.54) is 11.8 Å². The molecule has 6 heteroatoms. The number of rotatable bonds is 3. The van der Waals surface area contributed by atoms with Crippen LogP contribution < -0.4 is 0 Å². The summed E-state index contributed by atoms with van der Waals surface area (Å²) >= 11 is 1.22. The molecule has 2 heterocycles. The van der Waals surface area contributed by atoms with Crippen molar-refractivity contribution in [2.24, 2.45) is 4.99 Å². The van der Waals surface area contributed by atoms with Gasteiger partial charge in [-0.3, -0.25) is 4.79 Å². The van der Waals surface area contributed by atoms with Crippen LogP contribution >= 0.6 is 11.8 Å². The number of benzene rings is 1. The van der Waals surface area contributed by atoms with Crippen LogP contribution in [0.25, 0.3) is 5.70 Å². The van der Waals surface area contributed by atoms with Gasteiger partial charge < -0.3 is 9.64 Å². The Hall–Kier alpha value is -2.08. The molecule has 22 heavy (non-hydrogen) atoms. The van der Waals surface area contributed by atoms with E-state index in [2.05, 4.69) is 4.99 Å². The van der Waals surface area contributed by atoms with Crippen LogP contribution in [0.3, 0.4) is 0 Å². The number of thioether (sulfide) groups is 1. The molecule has 0 unspecified atom stereocenters. The molecule has 0 bridgehead atoms. The van der Waals surface area contributed by atoms with Crippen molar-refractivity contribution in [1.29, 1.82) is 0 Å². The monoisotopic (exact) mass is 316 g/mol. The minimum Gasteiger partial charge on any atom is -0.462 e. The average Bonchev–Trinajstić information content (AvgIpc) is 2.77. The first-order chi connectivity index (χ1) is 10.7. The molecule has 0 radical (unpaired) electrons. The van der Waals surface area contributed by atoms with E-state index < -0.39 is 0 Å². The van der Waals surface area contributed by atoms with Crippen molar-refractivity contribution in [2.45, 2.75) is 19.8 Å². The predicted octanol–water partition coefficient (Wildman–Crippen LogP) is 2.64. The van der Waals surface area contributed by atoms with Gasteiger partial charge in [-0.15, -0.1) is 0 Å². The van der Waals surface area contributed by atoms with Crippen LogP contribution in [0.2, 0.25) is 0 Å². The zero-order chi connectivity index (χ0) is 15.5. The van der Waals surface area contributed by atoms with E-state index in [9.17, 15) is 9.59 Å². The second kappa shape index (κ2) is 6.36. The van der Waals surface area contributed by atoms with Gasteiger partial charge in [-0.1, -0.05) is 30.3 Å². The highest BCUT2D eigenvalue weighted by Crippen LogP contribution is 2.41. The summed E-state index contributed by atoms with van der Waals surface area (Å²) in [5, 5.41) is 0.574. The molecule has 2 aliphatic heterocycles. The molecule has 2 aliphatic rings. The van der Waals surface area contributed by atoms with E-state index in [0.717, 1.165) is 17.7 Å². The van der Waals surface area contributed by atoms with Gasteiger partial charge in [0, 0.05) is 13.0 Å². The van der Waals surface area contributed by atoms with E-state index in [1.54, 1.807) is 6.92 Å². The Kier molecular flexibility index (Phi) is 4.29. The summed E-state index contributed by atoms with van der Waals surface area (Å²) in [6, 6.07) is 9.68. The molecule has 0 aromatic heterocycles. The quantitative estimate of drug-likeness (QED) is 0.802. The Bertz CT molecular complexity index is 667. The van der Waals surface area contributed by atoms with Gasteiger partial charge in [-0.2, -0.15) is 4.99 Å². The standard InChI is InChI=1S/C16H16N2O3S/c1-2-21-15(20)14-13(11-7-4-3-5-8-11)18-10-6-9-12(19)17-16(18)22-14/h3-5,7-8H,2,6,9-10H2,1H3. The Labute approximate surface area is 133 Å². The molecule has 0 N–H and O–H groups in total. The van der Waals surface area contributed by atoms with E-state index in [-0.39, 0.29) is 11.9 Å². The van der Waals surface area contributed by atoms with Crippen LogP contribution in [0.1, 0.15) is 25.3 Å². The van der Waals surface area contributed by atoms with Crippen molar-refractivity contribution in [1.82, 2.24) is 4.90 Å². The van der Waals surface area contributed by atoms with Gasteiger partial charge in [-0.25, -0.2) is 4.79 Å². The summed E-state index contributed by atoms with van der Waals surface area (Å²) < 4.78 is 5.16. The molecule has 0 atom stereocenters. The van der Waals surface area contributed by atoms with Crippen LogP contribution in [0.4, 0.5) is 0 Å². The smallest absolute Gasteiger partial charge is 0.347 e. The largest absolute Gasteiger partial charge is 0.462 e. The molecule has 0 aliphatic carbocycles. The van der Waals surface area contributed by atoms with Crippen LogP contribution in [0.15, 0.2) is 40.2 Å². The van der Waals surface area contributed by atoms with E-state index in [0.29, 0.717) is 29.6 Å². The minimum absolute atomic E-state index is 0.137. The summed E-state index contributed by atoms with van der Waals surface area (Å²) in [5.41, 5.74) is 1.72. The third-order valence-electron chi connectivity index (χ3n) is 3.41. The third kappa shape index (κ3) is 2.78. The van der Waals surface area contributed by atoms with Crippen LogP contribution in [0.5, 0.6) is 0 Å². The summed E-state index contributed by atoms with van der Waals surface area (Å²) in [6.07, 6.45) is 1.16. The Balaban J connectivity index is 2.07. The van der Waals surface area contributed by atoms with Crippen molar-refractivity contribution in [3.63, 3.8) is 0 Å². The maximum atomic E-state index is 12.3. The number of amides is 1. The van der Waals surface area contributed by atoms with Crippen LogP contribution in [-0.4, -0.2) is 35.1 Å². The zero-order valence-corrected chi connectivity index (χ0v) is 13.1. The predicted molar refractivity (Wildman–Crippen MR) is 86.0 cm³/mol. The lowest BCUT2D eigenvalue weighted by Crippen LogP contribution is -2.23. The highest BCUT2D eigenvalue weighted by Gasteiger charge is 2.36. The molecular weight excluding hydrogens is 300 g/mol. The summed E-state index contributed by atoms with van der Waals surface area (Å²) in [6.45, 7) is 2.76. The topological polar surface area (TPSA) is 59.0 Å². The molecule has 114 valence electrons. The number of fused-ring (bicyclic) bond motifs is 1. The van der Waals surface area contributed by atoms with Crippen molar-refractivity contribution in [3.05, 3.63) is 40.8 Å². The zero-order valence-electron chi connectivity index (χ0n) is 12.2. The molecule has 1 amide bonds. The van der Waals surface area contributed by atoms with Crippen molar-refractivity contribution in [2.75, 3.05) is 13.2 Å². The molecule has 0 saturated heterocycles. The lowest BCUT2D eigenvalue weighted by molar-refractivity contribution is -0.137. The molecule has 0 spiro atoms. The number of nitrogens with zero attached hydrogens (tertiary/aromatic N) is 2. The lowest BCUT2D eigenvalue weighted by Gasteiger charge is -2.20. The average molecular weight is 316 g/mol. The number of hydrogen-bond acceptors (Lipinski definition) is 5. The van der Waals surface area contributed by atoms with E-state index >= 15 is 0 Å². The van der Waals surface area contributed by atoms with Gasteiger partial charge in [-0.05, 0) is 30.7 Å². The van der Waals surface area contributed by atoms with Crippen molar-refractivity contribution in [3.8, 4) is 0 Å². The summed E-state index contributed by atoms with van der Waals surface area (Å²) in [4.78, 5) is 30.6. The lowest BCUT2D eigenvalue weighted by atomic mass is 10.1. The molecule has 0 fully saturated rings. The molecule has 0 saturated carbocycles. The van der Waals surface area contributed by atoms with Crippen LogP contribution in [0, 0.1) is 0 Å². The molecule has 1 aromatic rings. The maximum Gasteiger partial charge on any atom is 0.347 e. The number of esters is 1. The first-order valence-electron chi connectivity index (χ1n) is 7.24. The second-order valence-corrected chi connectivity index (χ2v) is 5.89. The highest BCUT2D eigenvalue weighted by molar-refractivity contribution is 8.18. The SMILES string of the molecule is CCOC(=O)C1=C(c2ccccc2)N2CCCC(=O)N=C2S1. The second-order valence-electron chi connectivity index (χ2n) is 4.91. The fourth-order valence-electron chi connectivity index (χ4n) is 2.47. The molecular formula is C16H16N2O3S. The van der Waals surface area contributed by atoms with Gasteiger partial charge >= 0.3 is 5.97 Å². The number of ether oxygens (including phenoxy) is 1. The van der Waals surface area contributed by atoms with Crippen molar-refractivity contribution >= 4 is 34.5 Å². The number of amidine groups is 1. The molecule has 1 aromatic carbocycles. The third-order valence-corrected chi connectivity index (χ3v) is 4.47. The fraction of sp³-hybridized carbons (Fsp3) is 0.312. The maximum absolute atomic E-state index is 12.3. The minimum atomic E-state index is -0.366. The summed E-state index contributed by atoms with van der Waals surface area (Å²) in [7, 11) is 0. The number of carbonyl (C=O) groups is 2.